The van der Waals surface area contributed by atoms with E-state index in [2.05, 4.69) is 32.1 Å². The van der Waals surface area contributed by atoms with E-state index in [-0.39, 0.29) is 0 Å². The van der Waals surface area contributed by atoms with E-state index in [0.29, 0.717) is 13.2 Å². The second-order valence-corrected chi connectivity index (χ2v) is 6.86. The molecule has 0 aliphatic carbocycles. The number of nitrogens with zero attached hydrogens (tertiary/aromatic N) is 5. The van der Waals surface area contributed by atoms with Crippen molar-refractivity contribution < 1.29 is 9.47 Å². The lowest BCUT2D eigenvalue weighted by molar-refractivity contribution is 0.122. The average Bonchev–Trinajstić information content (AvgIpc) is 3.15. The number of morpholine rings is 1. The number of nitrogens with one attached hydrogen (secondary N) is 1. The van der Waals surface area contributed by atoms with Crippen molar-refractivity contribution >= 4 is 22.8 Å². The summed E-state index contributed by atoms with van der Waals surface area (Å²) < 4.78 is 10.7. The van der Waals surface area contributed by atoms with Crippen LogP contribution in [0.15, 0.2) is 24.3 Å². The molecule has 1 N–H and O–H groups in total. The molecule has 0 spiro atoms. The lowest BCUT2D eigenvalue weighted by Crippen LogP contribution is -2.38. The number of benzene rings is 1. The molecule has 0 saturated carbocycles. The standard InChI is InChI=1S/C19H22N6O2/c1-26-14-4-2-13(3-5-14)12-25-7-6-15-16-17(23-22-15)20-19(21-18(16)25)24-8-10-27-11-9-24/h2-5H,6-12H2,1H3,(H,20,21,22,23). The van der Waals surface area contributed by atoms with Crippen molar-refractivity contribution in [2.45, 2.75) is 13.0 Å². The predicted molar refractivity (Wildman–Crippen MR) is 102 cm³/mol. The molecular weight excluding hydrogens is 344 g/mol. The van der Waals surface area contributed by atoms with Crippen molar-refractivity contribution in [3.8, 4) is 5.75 Å². The van der Waals surface area contributed by atoms with Crippen molar-refractivity contribution in [3.63, 3.8) is 0 Å². The van der Waals surface area contributed by atoms with Crippen LogP contribution in [-0.4, -0.2) is 60.1 Å². The quantitative estimate of drug-likeness (QED) is 0.754. The van der Waals surface area contributed by atoms with Crippen LogP contribution in [0.2, 0.25) is 0 Å². The Morgan fingerprint density at radius 3 is 2.70 bits per heavy atom. The van der Waals surface area contributed by atoms with E-state index in [1.807, 2.05) is 12.1 Å². The van der Waals surface area contributed by atoms with E-state index in [0.717, 1.165) is 66.8 Å². The van der Waals surface area contributed by atoms with Gasteiger partial charge >= 0.3 is 0 Å². The van der Waals surface area contributed by atoms with E-state index in [1.54, 1.807) is 7.11 Å². The lowest BCUT2D eigenvalue weighted by Gasteiger charge is -2.31. The summed E-state index contributed by atoms with van der Waals surface area (Å²) in [5.41, 5.74) is 3.10. The molecule has 1 aromatic carbocycles. The molecule has 0 unspecified atom stereocenters. The van der Waals surface area contributed by atoms with Gasteiger partial charge in [0.1, 0.15) is 11.6 Å². The Bertz CT molecular complexity index is 949. The smallest absolute Gasteiger partial charge is 0.229 e. The Kier molecular flexibility index (Phi) is 4.05. The molecule has 0 amide bonds. The second kappa shape index (κ2) is 6.70. The molecule has 1 saturated heterocycles. The fraction of sp³-hybridized carbons (Fsp3) is 0.421. The summed E-state index contributed by atoms with van der Waals surface area (Å²) in [6.07, 6.45) is 0.892. The molecule has 0 radical (unpaired) electrons. The van der Waals surface area contributed by atoms with Crippen LogP contribution in [0.25, 0.3) is 11.0 Å². The molecule has 1 fully saturated rings. The van der Waals surface area contributed by atoms with E-state index in [4.69, 9.17) is 19.4 Å². The topological polar surface area (TPSA) is 79.4 Å². The van der Waals surface area contributed by atoms with Gasteiger partial charge in [-0.3, -0.25) is 5.10 Å². The minimum atomic E-state index is 0.709. The number of H-pyrrole nitrogens is 1. The number of ether oxygens (including phenoxy) is 2. The zero-order chi connectivity index (χ0) is 18.2. The van der Waals surface area contributed by atoms with Crippen molar-refractivity contribution in [2.24, 2.45) is 0 Å². The third kappa shape index (κ3) is 2.95. The fourth-order valence-electron chi connectivity index (χ4n) is 3.73. The van der Waals surface area contributed by atoms with Crippen LogP contribution in [-0.2, 0) is 17.7 Å². The van der Waals surface area contributed by atoms with E-state index >= 15 is 0 Å². The van der Waals surface area contributed by atoms with Gasteiger partial charge in [0, 0.05) is 32.6 Å². The number of hydrogen-bond acceptors (Lipinski definition) is 7. The number of rotatable bonds is 4. The minimum Gasteiger partial charge on any atom is -0.497 e. The molecule has 0 atom stereocenters. The third-order valence-corrected chi connectivity index (χ3v) is 5.21. The molecule has 0 bridgehead atoms. The Morgan fingerprint density at radius 2 is 1.93 bits per heavy atom. The van der Waals surface area contributed by atoms with Gasteiger partial charge in [-0.05, 0) is 17.7 Å². The maximum atomic E-state index is 5.46. The lowest BCUT2D eigenvalue weighted by atomic mass is 10.1. The molecule has 4 heterocycles. The Hall–Kier alpha value is -2.87. The first kappa shape index (κ1) is 16.3. The Labute approximate surface area is 157 Å². The van der Waals surface area contributed by atoms with Gasteiger partial charge in [0.05, 0.1) is 31.4 Å². The molecule has 5 rings (SSSR count). The molecule has 2 aromatic heterocycles. The summed E-state index contributed by atoms with van der Waals surface area (Å²) in [4.78, 5) is 14.2. The highest BCUT2D eigenvalue weighted by Gasteiger charge is 2.26. The Balaban J connectivity index is 1.51. The van der Waals surface area contributed by atoms with Gasteiger partial charge in [0.15, 0.2) is 5.65 Å². The summed E-state index contributed by atoms with van der Waals surface area (Å²) in [7, 11) is 1.69. The average molecular weight is 366 g/mol. The molecule has 8 nitrogen and oxygen atoms in total. The summed E-state index contributed by atoms with van der Waals surface area (Å²) >= 11 is 0. The van der Waals surface area contributed by atoms with E-state index < -0.39 is 0 Å². The maximum absolute atomic E-state index is 5.46. The summed E-state index contributed by atoms with van der Waals surface area (Å²) in [6, 6.07) is 8.20. The summed E-state index contributed by atoms with van der Waals surface area (Å²) in [5, 5.41) is 8.61. The first-order chi connectivity index (χ1) is 13.3. The van der Waals surface area contributed by atoms with Gasteiger partial charge in [-0.1, -0.05) is 12.1 Å². The van der Waals surface area contributed by atoms with Crippen molar-refractivity contribution in [2.75, 3.05) is 49.8 Å². The van der Waals surface area contributed by atoms with Gasteiger partial charge in [-0.25, -0.2) is 0 Å². The zero-order valence-electron chi connectivity index (χ0n) is 15.3. The number of aromatic nitrogens is 4. The van der Waals surface area contributed by atoms with Gasteiger partial charge < -0.3 is 19.3 Å². The predicted octanol–water partition coefficient (Wildman–Crippen LogP) is 1.76. The number of aromatic amines is 1. The molecule has 27 heavy (non-hydrogen) atoms. The Morgan fingerprint density at radius 1 is 1.11 bits per heavy atom. The molecular formula is C19H22N6O2. The highest BCUT2D eigenvalue weighted by atomic mass is 16.5. The highest BCUT2D eigenvalue weighted by Crippen LogP contribution is 2.33. The van der Waals surface area contributed by atoms with Crippen LogP contribution in [0.3, 0.4) is 0 Å². The highest BCUT2D eigenvalue weighted by molar-refractivity contribution is 5.91. The van der Waals surface area contributed by atoms with Crippen molar-refractivity contribution in [3.05, 3.63) is 35.5 Å². The fourth-order valence-corrected chi connectivity index (χ4v) is 3.73. The third-order valence-electron chi connectivity index (χ3n) is 5.21. The monoisotopic (exact) mass is 366 g/mol. The first-order valence-electron chi connectivity index (χ1n) is 9.27. The van der Waals surface area contributed by atoms with Crippen LogP contribution >= 0.6 is 0 Å². The molecule has 8 heteroatoms. The van der Waals surface area contributed by atoms with Gasteiger partial charge in [-0.15, -0.1) is 0 Å². The largest absolute Gasteiger partial charge is 0.497 e. The molecule has 2 aliphatic rings. The van der Waals surface area contributed by atoms with Crippen molar-refractivity contribution in [1.29, 1.82) is 0 Å². The SMILES string of the molecule is COc1ccc(CN2CCc3n[nH]c4nc(N5CCOCC5)nc2c34)cc1. The van der Waals surface area contributed by atoms with Crippen LogP contribution in [0.5, 0.6) is 5.75 Å². The van der Waals surface area contributed by atoms with Gasteiger partial charge in [0.2, 0.25) is 5.95 Å². The summed E-state index contributed by atoms with van der Waals surface area (Å²) in [5.74, 6) is 2.58. The van der Waals surface area contributed by atoms with Crippen molar-refractivity contribution in [1.82, 2.24) is 20.2 Å². The molecule has 2 aliphatic heterocycles. The number of methoxy groups -OCH3 is 1. The first-order valence-corrected chi connectivity index (χ1v) is 9.27. The van der Waals surface area contributed by atoms with Crippen LogP contribution in [0.4, 0.5) is 11.8 Å². The number of anilines is 2. The van der Waals surface area contributed by atoms with Gasteiger partial charge in [0.25, 0.3) is 0 Å². The van der Waals surface area contributed by atoms with E-state index in [9.17, 15) is 0 Å². The number of hydrogen-bond donors (Lipinski definition) is 1. The zero-order valence-corrected chi connectivity index (χ0v) is 15.3. The van der Waals surface area contributed by atoms with Gasteiger partial charge in [-0.2, -0.15) is 15.1 Å². The van der Waals surface area contributed by atoms with Crippen LogP contribution < -0.4 is 14.5 Å². The van der Waals surface area contributed by atoms with Crippen LogP contribution in [0.1, 0.15) is 11.3 Å². The second-order valence-electron chi connectivity index (χ2n) is 6.86. The normalized spacial score (nSPS) is 16.8. The molecule has 140 valence electrons. The molecule has 3 aromatic rings. The summed E-state index contributed by atoms with van der Waals surface area (Å²) in [6.45, 7) is 4.72. The maximum Gasteiger partial charge on any atom is 0.229 e. The van der Waals surface area contributed by atoms with E-state index in [1.165, 1.54) is 5.56 Å². The van der Waals surface area contributed by atoms with Crippen LogP contribution in [0, 0.1) is 0 Å². The minimum absolute atomic E-state index is 0.709.